The predicted octanol–water partition coefficient (Wildman–Crippen LogP) is 4.48. The largest absolute Gasteiger partial charge is 0.368 e. The lowest BCUT2D eigenvalue weighted by Gasteiger charge is -2.39. The molecule has 0 saturated carbocycles. The molecule has 39 heavy (non-hydrogen) atoms. The Morgan fingerprint density at radius 1 is 1.05 bits per heavy atom. The minimum Gasteiger partial charge on any atom is -0.368 e. The number of carbonyl (C=O) groups is 2. The lowest BCUT2D eigenvalue weighted by atomic mass is 10.0. The number of nitrogens with two attached hydrogens (primary N) is 1. The molecule has 208 valence electrons. The third-order valence-corrected chi connectivity index (χ3v) is 8.38. The van der Waals surface area contributed by atoms with Gasteiger partial charge in [0.05, 0.1) is 6.04 Å². The van der Waals surface area contributed by atoms with Gasteiger partial charge in [-0.1, -0.05) is 60.5 Å². The number of nitrogens with zero attached hydrogens (tertiary/aromatic N) is 2. The molecule has 2 atom stereocenters. The summed E-state index contributed by atoms with van der Waals surface area (Å²) in [6.45, 7) is 5.67. The van der Waals surface area contributed by atoms with E-state index in [1.54, 1.807) is 29.5 Å². The molecule has 1 aliphatic rings. The summed E-state index contributed by atoms with van der Waals surface area (Å²) < 4.78 is 0. The van der Waals surface area contributed by atoms with Crippen LogP contribution >= 0.6 is 34.5 Å². The number of anilines is 1. The molecule has 4 rings (SSSR count). The van der Waals surface area contributed by atoms with Crippen LogP contribution < -0.4 is 21.3 Å². The minimum absolute atomic E-state index is 0.108. The van der Waals surface area contributed by atoms with Crippen LogP contribution in [0.4, 0.5) is 5.69 Å². The van der Waals surface area contributed by atoms with Crippen molar-refractivity contribution in [3.05, 3.63) is 86.0 Å². The molecule has 2 amide bonds. The standard InChI is InChI=1S/C29H35Cl2N5O2S/c1-2-33-28(26-8-5-17-39-26)22-6-3-4-7-25(22)35-13-15-36(16-14-35)29(38)24(34-27(37)11-12-32)18-20-9-10-21(30)19-23(20)31/h3-10,17,19,24,28,33H,2,11-16,18,32H2,1H3,(H,34,37)/t24-,28?/m1/s1. The highest BCUT2D eigenvalue weighted by molar-refractivity contribution is 7.10. The molecule has 1 fully saturated rings. The van der Waals surface area contributed by atoms with Crippen LogP contribution in [0.25, 0.3) is 0 Å². The van der Waals surface area contributed by atoms with Crippen molar-refractivity contribution in [3.63, 3.8) is 0 Å². The quantitative estimate of drug-likeness (QED) is 0.308. The maximum absolute atomic E-state index is 13.7. The number of nitrogens with one attached hydrogen (secondary N) is 2. The zero-order valence-electron chi connectivity index (χ0n) is 22.0. The number of amides is 2. The predicted molar refractivity (Wildman–Crippen MR) is 161 cm³/mol. The summed E-state index contributed by atoms with van der Waals surface area (Å²) in [5, 5.41) is 9.60. The number of para-hydroxylation sites is 1. The monoisotopic (exact) mass is 587 g/mol. The van der Waals surface area contributed by atoms with Gasteiger partial charge in [0.15, 0.2) is 0 Å². The van der Waals surface area contributed by atoms with Crippen LogP contribution in [0.1, 0.15) is 35.4 Å². The molecule has 2 aromatic carbocycles. The van der Waals surface area contributed by atoms with E-state index < -0.39 is 6.04 Å². The fourth-order valence-electron chi connectivity index (χ4n) is 4.94. The third kappa shape index (κ3) is 7.52. The van der Waals surface area contributed by atoms with E-state index in [1.807, 2.05) is 4.90 Å². The van der Waals surface area contributed by atoms with Crippen molar-refractivity contribution in [1.82, 2.24) is 15.5 Å². The summed E-state index contributed by atoms with van der Waals surface area (Å²) in [6.07, 6.45) is 0.430. The van der Waals surface area contributed by atoms with Crippen molar-refractivity contribution in [2.45, 2.75) is 31.8 Å². The van der Waals surface area contributed by atoms with Crippen LogP contribution in [-0.2, 0) is 16.0 Å². The Hall–Kier alpha value is -2.62. The minimum atomic E-state index is -0.737. The van der Waals surface area contributed by atoms with Crippen molar-refractivity contribution in [3.8, 4) is 0 Å². The van der Waals surface area contributed by atoms with Crippen LogP contribution in [0.15, 0.2) is 60.0 Å². The fourth-order valence-corrected chi connectivity index (χ4v) is 6.24. The van der Waals surface area contributed by atoms with Crippen molar-refractivity contribution < 1.29 is 9.59 Å². The van der Waals surface area contributed by atoms with E-state index in [-0.39, 0.29) is 37.2 Å². The zero-order chi connectivity index (χ0) is 27.8. The maximum Gasteiger partial charge on any atom is 0.245 e. The number of hydrogen-bond acceptors (Lipinski definition) is 6. The fraction of sp³-hybridized carbons (Fsp3) is 0.379. The van der Waals surface area contributed by atoms with Gasteiger partial charge in [0, 0.05) is 66.2 Å². The Morgan fingerprint density at radius 3 is 2.49 bits per heavy atom. The van der Waals surface area contributed by atoms with Gasteiger partial charge in [-0.2, -0.15) is 0 Å². The Kier molecular flexibility index (Phi) is 10.6. The molecule has 1 aliphatic heterocycles. The van der Waals surface area contributed by atoms with Crippen molar-refractivity contribution in [2.24, 2.45) is 5.73 Å². The van der Waals surface area contributed by atoms with E-state index in [4.69, 9.17) is 28.9 Å². The van der Waals surface area contributed by atoms with Crippen LogP contribution in [0.2, 0.25) is 10.0 Å². The number of halogens is 2. The van der Waals surface area contributed by atoms with Gasteiger partial charge in [-0.15, -0.1) is 11.3 Å². The van der Waals surface area contributed by atoms with Crippen LogP contribution in [0, 0.1) is 0 Å². The zero-order valence-corrected chi connectivity index (χ0v) is 24.4. The summed E-state index contributed by atoms with van der Waals surface area (Å²) in [4.78, 5) is 31.5. The normalized spacial score (nSPS) is 15.2. The maximum atomic E-state index is 13.7. The Morgan fingerprint density at radius 2 is 1.82 bits per heavy atom. The molecule has 10 heteroatoms. The summed E-state index contributed by atoms with van der Waals surface area (Å²) >= 11 is 14.2. The average Bonchev–Trinajstić information content (AvgIpc) is 3.47. The molecule has 0 radical (unpaired) electrons. The molecule has 1 unspecified atom stereocenters. The van der Waals surface area contributed by atoms with Crippen molar-refractivity contribution in [2.75, 3.05) is 44.2 Å². The Labute approximate surface area is 244 Å². The van der Waals surface area contributed by atoms with Crippen molar-refractivity contribution >= 4 is 52.0 Å². The molecule has 7 nitrogen and oxygen atoms in total. The van der Waals surface area contributed by atoms with E-state index >= 15 is 0 Å². The van der Waals surface area contributed by atoms with E-state index in [9.17, 15) is 9.59 Å². The average molecular weight is 589 g/mol. The van der Waals surface area contributed by atoms with Gasteiger partial charge in [0.25, 0.3) is 0 Å². The topological polar surface area (TPSA) is 90.7 Å². The van der Waals surface area contributed by atoms with Crippen LogP contribution in [-0.4, -0.2) is 62.0 Å². The molecule has 0 spiro atoms. The van der Waals surface area contributed by atoms with Gasteiger partial charge in [-0.05, 0) is 47.3 Å². The summed E-state index contributed by atoms with van der Waals surface area (Å²) in [5.41, 5.74) is 8.72. The summed E-state index contributed by atoms with van der Waals surface area (Å²) in [7, 11) is 0. The highest BCUT2D eigenvalue weighted by Crippen LogP contribution is 2.33. The van der Waals surface area contributed by atoms with Crippen LogP contribution in [0.5, 0.6) is 0 Å². The highest BCUT2D eigenvalue weighted by Gasteiger charge is 2.30. The molecule has 1 aromatic heterocycles. The van der Waals surface area contributed by atoms with E-state index in [1.165, 1.54) is 16.1 Å². The molecule has 2 heterocycles. The van der Waals surface area contributed by atoms with Gasteiger partial charge in [-0.3, -0.25) is 9.59 Å². The van der Waals surface area contributed by atoms with Crippen molar-refractivity contribution in [1.29, 1.82) is 0 Å². The molecule has 0 aliphatic carbocycles. The Bertz CT molecular complexity index is 1250. The summed E-state index contributed by atoms with van der Waals surface area (Å²) in [6, 6.07) is 17.3. The van der Waals surface area contributed by atoms with Crippen LogP contribution in [0.3, 0.4) is 0 Å². The number of hydrogen-bond donors (Lipinski definition) is 3. The molecule has 1 saturated heterocycles. The van der Waals surface area contributed by atoms with Gasteiger partial charge in [0.1, 0.15) is 6.04 Å². The smallest absolute Gasteiger partial charge is 0.245 e. The number of carbonyl (C=O) groups excluding carboxylic acids is 2. The first-order valence-corrected chi connectivity index (χ1v) is 14.9. The lowest BCUT2D eigenvalue weighted by Crippen LogP contribution is -2.56. The van der Waals surface area contributed by atoms with Gasteiger partial charge >= 0.3 is 0 Å². The molecular weight excluding hydrogens is 553 g/mol. The van der Waals surface area contributed by atoms with Gasteiger partial charge in [0.2, 0.25) is 11.8 Å². The lowest BCUT2D eigenvalue weighted by molar-refractivity contribution is -0.136. The number of benzene rings is 2. The molecule has 0 bridgehead atoms. The number of piperazine rings is 1. The van der Waals surface area contributed by atoms with E-state index in [2.05, 4.69) is 64.2 Å². The third-order valence-electron chi connectivity index (χ3n) is 6.86. The molecule has 3 aromatic rings. The second-order valence-corrected chi connectivity index (χ2v) is 11.3. The second kappa shape index (κ2) is 14.1. The van der Waals surface area contributed by atoms with Gasteiger partial charge < -0.3 is 26.2 Å². The van der Waals surface area contributed by atoms with Gasteiger partial charge in [-0.25, -0.2) is 0 Å². The second-order valence-electron chi connectivity index (χ2n) is 9.48. The molecular formula is C29H35Cl2N5O2S. The summed E-state index contributed by atoms with van der Waals surface area (Å²) in [5.74, 6) is -0.375. The first-order chi connectivity index (χ1) is 18.9. The number of rotatable bonds is 11. The first-order valence-electron chi connectivity index (χ1n) is 13.2. The highest BCUT2D eigenvalue weighted by atomic mass is 35.5. The first kappa shape index (κ1) is 29.4. The Balaban J connectivity index is 1.48. The van der Waals surface area contributed by atoms with E-state index in [0.29, 0.717) is 36.2 Å². The molecule has 4 N–H and O–H groups in total. The SMILES string of the molecule is CCNC(c1cccs1)c1ccccc1N1CCN(C(=O)[C@@H](Cc2ccc(Cl)cc2Cl)NC(=O)CCN)CC1. The van der Waals surface area contributed by atoms with E-state index in [0.717, 1.165) is 12.1 Å². The number of thiophene rings is 1.